The van der Waals surface area contributed by atoms with Crippen molar-refractivity contribution in [2.45, 2.75) is 44.2 Å². The maximum atomic E-state index is 11.8. The van der Waals surface area contributed by atoms with Gasteiger partial charge in [-0.3, -0.25) is 4.79 Å². The lowest BCUT2D eigenvalue weighted by Crippen LogP contribution is -2.61. The number of carbonyl (C=O) groups is 2. The maximum Gasteiger partial charge on any atom is 0.327 e. The fraction of sp³-hybridized carbons (Fsp3) is 0.818. The van der Waals surface area contributed by atoms with Crippen molar-refractivity contribution in [2.75, 3.05) is 13.1 Å². The van der Waals surface area contributed by atoms with Crippen LogP contribution in [-0.4, -0.2) is 47.1 Å². The predicted molar refractivity (Wildman–Crippen MR) is 58.0 cm³/mol. The third-order valence-corrected chi connectivity index (χ3v) is 3.49. The van der Waals surface area contributed by atoms with Gasteiger partial charge in [0.25, 0.3) is 0 Å². The third kappa shape index (κ3) is 2.19. The molecule has 0 spiro atoms. The molecule has 5 heteroatoms. The molecule has 1 atom stereocenters. The molecule has 1 unspecified atom stereocenters. The van der Waals surface area contributed by atoms with Crippen LogP contribution in [0.1, 0.15) is 32.1 Å². The Morgan fingerprint density at radius 3 is 2.62 bits per heavy atom. The van der Waals surface area contributed by atoms with Crippen molar-refractivity contribution in [3.8, 4) is 0 Å². The molecule has 0 aromatic rings. The second-order valence-corrected chi connectivity index (χ2v) is 4.58. The van der Waals surface area contributed by atoms with Crippen molar-refractivity contribution in [3.05, 3.63) is 0 Å². The molecule has 0 bridgehead atoms. The lowest BCUT2D eigenvalue weighted by molar-refractivity contribution is -0.154. The molecule has 1 heterocycles. The number of amides is 1. The lowest BCUT2D eigenvalue weighted by Gasteiger charge is -2.41. The minimum absolute atomic E-state index is 0.0643. The minimum Gasteiger partial charge on any atom is -0.480 e. The molecule has 5 nitrogen and oxygen atoms in total. The second-order valence-electron chi connectivity index (χ2n) is 4.58. The van der Waals surface area contributed by atoms with Gasteiger partial charge in [-0.15, -0.1) is 0 Å². The van der Waals surface area contributed by atoms with Crippen molar-refractivity contribution in [2.24, 2.45) is 0 Å². The van der Waals surface area contributed by atoms with Gasteiger partial charge in [0.2, 0.25) is 5.91 Å². The van der Waals surface area contributed by atoms with Crippen LogP contribution in [0.3, 0.4) is 0 Å². The van der Waals surface area contributed by atoms with Crippen LogP contribution < -0.4 is 5.32 Å². The highest BCUT2D eigenvalue weighted by molar-refractivity contribution is 5.86. The van der Waals surface area contributed by atoms with Crippen molar-refractivity contribution in [1.29, 1.82) is 0 Å². The number of nitrogens with zero attached hydrogens (tertiary/aromatic N) is 1. The van der Waals surface area contributed by atoms with E-state index in [0.29, 0.717) is 6.54 Å². The zero-order valence-electron chi connectivity index (χ0n) is 9.32. The first kappa shape index (κ1) is 11.4. The fourth-order valence-corrected chi connectivity index (χ4v) is 2.70. The lowest BCUT2D eigenvalue weighted by atomic mass is 9.92. The average Bonchev–Trinajstić information content (AvgIpc) is 2.29. The number of hydrogen-bond donors (Lipinski definition) is 2. The van der Waals surface area contributed by atoms with E-state index in [1.165, 1.54) is 6.42 Å². The van der Waals surface area contributed by atoms with Gasteiger partial charge in [-0.2, -0.15) is 0 Å². The van der Waals surface area contributed by atoms with Crippen LogP contribution >= 0.6 is 0 Å². The Morgan fingerprint density at radius 1 is 1.31 bits per heavy atom. The molecule has 0 aromatic carbocycles. The molecule has 2 fully saturated rings. The molecule has 2 aliphatic rings. The number of carboxylic acid groups (broad SMARTS) is 1. The van der Waals surface area contributed by atoms with Crippen molar-refractivity contribution in [1.82, 2.24) is 10.2 Å². The van der Waals surface area contributed by atoms with Gasteiger partial charge in [-0.1, -0.05) is 19.3 Å². The summed E-state index contributed by atoms with van der Waals surface area (Å²) in [7, 11) is 0. The van der Waals surface area contributed by atoms with E-state index >= 15 is 0 Å². The number of hydrogen-bond acceptors (Lipinski definition) is 3. The number of aliphatic carboxylic acids is 1. The van der Waals surface area contributed by atoms with Crippen LogP contribution in [0.25, 0.3) is 0 Å². The Bertz CT molecular complexity index is 287. The van der Waals surface area contributed by atoms with E-state index in [9.17, 15) is 9.59 Å². The molecule has 90 valence electrons. The van der Waals surface area contributed by atoms with E-state index < -0.39 is 12.0 Å². The minimum atomic E-state index is -0.897. The molecule has 1 aliphatic carbocycles. The van der Waals surface area contributed by atoms with Crippen LogP contribution in [0, 0.1) is 0 Å². The molecule has 1 saturated carbocycles. The summed E-state index contributed by atoms with van der Waals surface area (Å²) in [6.45, 7) is 0.651. The highest BCUT2D eigenvalue weighted by atomic mass is 16.4. The first-order chi connectivity index (χ1) is 7.70. The third-order valence-electron chi connectivity index (χ3n) is 3.49. The maximum absolute atomic E-state index is 11.8. The standard InChI is InChI=1S/C11H18N2O3/c14-10-7-12-6-9(11(15)16)13(10)8-4-2-1-3-5-8/h8-9,12H,1-7H2,(H,15,16). The van der Waals surface area contributed by atoms with E-state index in [0.717, 1.165) is 25.7 Å². The average molecular weight is 226 g/mol. The van der Waals surface area contributed by atoms with Crippen LogP contribution in [0.4, 0.5) is 0 Å². The molecule has 0 radical (unpaired) electrons. The summed E-state index contributed by atoms with van der Waals surface area (Å²) in [6.07, 6.45) is 5.32. The Hall–Kier alpha value is -1.10. The molecular formula is C11H18N2O3. The van der Waals surface area contributed by atoms with Crippen LogP contribution in [-0.2, 0) is 9.59 Å². The van der Waals surface area contributed by atoms with Gasteiger partial charge in [0, 0.05) is 12.6 Å². The Labute approximate surface area is 94.8 Å². The van der Waals surface area contributed by atoms with E-state index in [4.69, 9.17) is 5.11 Å². The van der Waals surface area contributed by atoms with Gasteiger partial charge in [-0.05, 0) is 12.8 Å². The van der Waals surface area contributed by atoms with E-state index in [2.05, 4.69) is 5.32 Å². The summed E-state index contributed by atoms with van der Waals surface area (Å²) in [5.41, 5.74) is 0. The Balaban J connectivity index is 2.11. The van der Waals surface area contributed by atoms with Crippen molar-refractivity contribution in [3.63, 3.8) is 0 Å². The Kier molecular flexibility index (Phi) is 3.43. The molecule has 0 aromatic heterocycles. The molecule has 2 N–H and O–H groups in total. The monoisotopic (exact) mass is 226 g/mol. The van der Waals surface area contributed by atoms with Gasteiger partial charge in [0.05, 0.1) is 6.54 Å². The smallest absolute Gasteiger partial charge is 0.327 e. The summed E-state index contributed by atoms with van der Waals surface area (Å²) in [6, 6.07) is -0.534. The van der Waals surface area contributed by atoms with Gasteiger partial charge in [0.1, 0.15) is 6.04 Å². The quantitative estimate of drug-likeness (QED) is 0.706. The van der Waals surface area contributed by atoms with E-state index in [1.54, 1.807) is 4.90 Å². The number of rotatable bonds is 2. The van der Waals surface area contributed by atoms with Gasteiger partial charge >= 0.3 is 5.97 Å². The number of carboxylic acids is 1. The molecule has 1 saturated heterocycles. The summed E-state index contributed by atoms with van der Waals surface area (Å²) >= 11 is 0. The summed E-state index contributed by atoms with van der Waals surface area (Å²) < 4.78 is 0. The molecule has 2 rings (SSSR count). The van der Waals surface area contributed by atoms with Gasteiger partial charge in [-0.25, -0.2) is 4.79 Å². The summed E-state index contributed by atoms with van der Waals surface area (Å²) in [4.78, 5) is 24.5. The molecular weight excluding hydrogens is 208 g/mol. The number of nitrogens with one attached hydrogen (secondary N) is 1. The zero-order chi connectivity index (χ0) is 11.5. The van der Waals surface area contributed by atoms with Crippen LogP contribution in [0.15, 0.2) is 0 Å². The largest absolute Gasteiger partial charge is 0.480 e. The normalized spacial score (nSPS) is 28.1. The second kappa shape index (κ2) is 4.82. The summed E-state index contributed by atoms with van der Waals surface area (Å²) in [5.74, 6) is -0.961. The van der Waals surface area contributed by atoms with Crippen LogP contribution in [0.5, 0.6) is 0 Å². The number of piperazine rings is 1. The SMILES string of the molecule is O=C(O)C1CNCC(=O)N1C1CCCCC1. The highest BCUT2D eigenvalue weighted by Gasteiger charge is 2.37. The van der Waals surface area contributed by atoms with Gasteiger partial charge < -0.3 is 15.3 Å². The fourth-order valence-electron chi connectivity index (χ4n) is 2.70. The number of carbonyl (C=O) groups excluding carboxylic acids is 1. The van der Waals surface area contributed by atoms with E-state index in [-0.39, 0.29) is 18.5 Å². The first-order valence-corrected chi connectivity index (χ1v) is 5.95. The predicted octanol–water partition coefficient (Wildman–Crippen LogP) is 0.204. The van der Waals surface area contributed by atoms with Crippen molar-refractivity contribution < 1.29 is 14.7 Å². The van der Waals surface area contributed by atoms with Crippen LogP contribution in [0.2, 0.25) is 0 Å². The zero-order valence-corrected chi connectivity index (χ0v) is 9.32. The van der Waals surface area contributed by atoms with Gasteiger partial charge in [0.15, 0.2) is 0 Å². The topological polar surface area (TPSA) is 69.6 Å². The molecule has 1 aliphatic heterocycles. The molecule has 16 heavy (non-hydrogen) atoms. The molecule has 1 amide bonds. The first-order valence-electron chi connectivity index (χ1n) is 5.95. The van der Waals surface area contributed by atoms with E-state index in [1.807, 2.05) is 0 Å². The highest BCUT2D eigenvalue weighted by Crippen LogP contribution is 2.25. The van der Waals surface area contributed by atoms with Crippen molar-refractivity contribution >= 4 is 11.9 Å². The Morgan fingerprint density at radius 2 is 2.00 bits per heavy atom. The summed E-state index contributed by atoms with van der Waals surface area (Å²) in [5, 5.41) is 12.0.